The molecular formula is C14H16Br2N2O3. The number of hydrogen-bond acceptors (Lipinski definition) is 4. The summed E-state index contributed by atoms with van der Waals surface area (Å²) >= 11 is 6.91. The van der Waals surface area contributed by atoms with E-state index in [1.807, 2.05) is 13.0 Å². The van der Waals surface area contributed by atoms with E-state index in [1.54, 1.807) is 32.6 Å². The van der Waals surface area contributed by atoms with E-state index in [9.17, 15) is 4.79 Å². The molecule has 0 aromatic heterocycles. The minimum Gasteiger partial charge on any atom is -0.497 e. The van der Waals surface area contributed by atoms with E-state index in [0.717, 1.165) is 5.56 Å². The van der Waals surface area contributed by atoms with E-state index >= 15 is 0 Å². The lowest BCUT2D eigenvalue weighted by Crippen LogP contribution is -2.29. The van der Waals surface area contributed by atoms with Gasteiger partial charge in [-0.1, -0.05) is 31.9 Å². The van der Waals surface area contributed by atoms with Crippen LogP contribution in [0.4, 0.5) is 0 Å². The van der Waals surface area contributed by atoms with Gasteiger partial charge in [0.1, 0.15) is 11.5 Å². The van der Waals surface area contributed by atoms with Crippen LogP contribution >= 0.6 is 31.9 Å². The van der Waals surface area contributed by atoms with Crippen molar-refractivity contribution in [1.82, 2.24) is 5.43 Å². The first kappa shape index (κ1) is 16.3. The van der Waals surface area contributed by atoms with E-state index in [2.05, 4.69) is 42.4 Å². The smallest absolute Gasteiger partial charge is 0.248 e. The van der Waals surface area contributed by atoms with E-state index in [4.69, 9.17) is 9.47 Å². The van der Waals surface area contributed by atoms with Gasteiger partial charge >= 0.3 is 0 Å². The number of nitrogens with zero attached hydrogens (tertiary/aromatic N) is 1. The molecule has 114 valence electrons. The van der Waals surface area contributed by atoms with Crippen LogP contribution in [0.3, 0.4) is 0 Å². The Hall–Kier alpha value is -1.08. The Balaban J connectivity index is 2.04. The first-order chi connectivity index (χ1) is 9.84. The first-order valence-corrected chi connectivity index (χ1v) is 7.86. The summed E-state index contributed by atoms with van der Waals surface area (Å²) in [7, 11) is 3.16. The van der Waals surface area contributed by atoms with Crippen LogP contribution < -0.4 is 14.9 Å². The number of nitrogens with one attached hydrogen (secondary N) is 1. The third kappa shape index (κ3) is 3.23. The molecule has 1 amide bonds. The molecule has 1 N–H and O–H groups in total. The van der Waals surface area contributed by atoms with Crippen molar-refractivity contribution in [2.75, 3.05) is 14.2 Å². The molecule has 0 radical (unpaired) electrons. The highest BCUT2D eigenvalue weighted by molar-refractivity contribution is 9.25. The molecule has 0 heterocycles. The third-order valence-electron chi connectivity index (χ3n) is 3.57. The molecule has 7 heteroatoms. The molecule has 0 aliphatic heterocycles. The molecule has 21 heavy (non-hydrogen) atoms. The molecule has 1 aromatic carbocycles. The number of carbonyl (C=O) groups excluding carboxylic acids is 1. The van der Waals surface area contributed by atoms with Crippen LogP contribution in [0.15, 0.2) is 23.3 Å². The van der Waals surface area contributed by atoms with Crippen molar-refractivity contribution in [3.63, 3.8) is 0 Å². The van der Waals surface area contributed by atoms with Gasteiger partial charge in [0.05, 0.1) is 29.1 Å². The molecule has 1 saturated carbocycles. The average molecular weight is 420 g/mol. The minimum atomic E-state index is -0.492. The van der Waals surface area contributed by atoms with Gasteiger partial charge in [0, 0.05) is 11.6 Å². The minimum absolute atomic E-state index is 0.139. The van der Waals surface area contributed by atoms with Crippen LogP contribution in [0.1, 0.15) is 18.9 Å². The van der Waals surface area contributed by atoms with Crippen molar-refractivity contribution < 1.29 is 14.3 Å². The molecule has 0 saturated heterocycles. The van der Waals surface area contributed by atoms with Crippen molar-refractivity contribution in [1.29, 1.82) is 0 Å². The fourth-order valence-corrected chi connectivity index (χ4v) is 3.34. The number of methoxy groups -OCH3 is 2. The topological polar surface area (TPSA) is 59.9 Å². The fraction of sp³-hybridized carbons (Fsp3) is 0.429. The van der Waals surface area contributed by atoms with Gasteiger partial charge in [0.2, 0.25) is 5.91 Å². The number of alkyl halides is 2. The Morgan fingerprint density at radius 2 is 2.05 bits per heavy atom. The quantitative estimate of drug-likeness (QED) is 0.453. The van der Waals surface area contributed by atoms with Crippen LogP contribution in [-0.4, -0.2) is 29.6 Å². The maximum absolute atomic E-state index is 12.1. The van der Waals surface area contributed by atoms with E-state index in [1.165, 1.54) is 0 Å². The summed E-state index contributed by atoms with van der Waals surface area (Å²) in [5.74, 6) is 1.18. The van der Waals surface area contributed by atoms with Crippen LogP contribution in [0, 0.1) is 5.41 Å². The Morgan fingerprint density at radius 1 is 1.38 bits per heavy atom. The van der Waals surface area contributed by atoms with Crippen LogP contribution in [-0.2, 0) is 4.79 Å². The number of carbonyl (C=O) groups is 1. The second kappa shape index (κ2) is 5.96. The number of halogens is 2. The lowest BCUT2D eigenvalue weighted by atomic mass is 10.1. The second-order valence-electron chi connectivity index (χ2n) is 5.02. The van der Waals surface area contributed by atoms with E-state index in [-0.39, 0.29) is 9.14 Å². The molecule has 0 spiro atoms. The Labute approximate surface area is 140 Å². The van der Waals surface area contributed by atoms with Crippen molar-refractivity contribution in [2.24, 2.45) is 10.5 Å². The zero-order valence-corrected chi connectivity index (χ0v) is 15.1. The highest BCUT2D eigenvalue weighted by atomic mass is 79.9. The zero-order chi connectivity index (χ0) is 15.7. The van der Waals surface area contributed by atoms with Gasteiger partial charge in [-0.15, -0.1) is 0 Å². The van der Waals surface area contributed by atoms with E-state index in [0.29, 0.717) is 17.9 Å². The summed E-state index contributed by atoms with van der Waals surface area (Å²) in [6.07, 6.45) is 2.26. The van der Waals surface area contributed by atoms with Gasteiger partial charge in [-0.3, -0.25) is 4.79 Å². The Bertz CT molecular complexity index is 590. The highest BCUT2D eigenvalue weighted by Gasteiger charge is 2.66. The Kier molecular flexibility index (Phi) is 4.63. The van der Waals surface area contributed by atoms with Gasteiger partial charge < -0.3 is 9.47 Å². The molecule has 5 nitrogen and oxygen atoms in total. The monoisotopic (exact) mass is 418 g/mol. The lowest BCUT2D eigenvalue weighted by Gasteiger charge is -2.10. The fourth-order valence-electron chi connectivity index (χ4n) is 1.86. The highest BCUT2D eigenvalue weighted by Crippen LogP contribution is 2.66. The molecule has 1 aromatic rings. The van der Waals surface area contributed by atoms with Gasteiger partial charge in [-0.25, -0.2) is 5.43 Å². The Morgan fingerprint density at radius 3 is 2.57 bits per heavy atom. The van der Waals surface area contributed by atoms with Crippen molar-refractivity contribution in [3.8, 4) is 11.5 Å². The van der Waals surface area contributed by atoms with Crippen molar-refractivity contribution >= 4 is 44.0 Å². The second-order valence-corrected chi connectivity index (χ2v) is 8.79. The molecule has 1 fully saturated rings. The summed E-state index contributed by atoms with van der Waals surface area (Å²) in [5, 5.41) is 3.99. The number of amides is 1. The predicted octanol–water partition coefficient (Wildman–Crippen LogP) is 3.05. The molecule has 0 bridgehead atoms. The largest absolute Gasteiger partial charge is 0.497 e. The maximum Gasteiger partial charge on any atom is 0.248 e. The normalized spacial score (nSPS) is 22.9. The molecule has 1 aliphatic rings. The maximum atomic E-state index is 12.1. The number of benzene rings is 1. The van der Waals surface area contributed by atoms with Crippen molar-refractivity contribution in [3.05, 3.63) is 23.8 Å². The average Bonchev–Trinajstić information content (AvgIpc) is 2.99. The van der Waals surface area contributed by atoms with Crippen LogP contribution in [0.25, 0.3) is 0 Å². The zero-order valence-electron chi connectivity index (χ0n) is 11.9. The van der Waals surface area contributed by atoms with Gasteiger partial charge in [0.25, 0.3) is 0 Å². The third-order valence-corrected chi connectivity index (χ3v) is 5.88. The summed E-state index contributed by atoms with van der Waals surface area (Å²) in [5.41, 5.74) is 2.81. The number of hydrogen-bond donors (Lipinski definition) is 1. The lowest BCUT2D eigenvalue weighted by molar-refractivity contribution is -0.125. The SMILES string of the molecule is COc1ccc(/C=N/NC(=O)C2(C)CC2(Br)Br)c(OC)c1. The van der Waals surface area contributed by atoms with Gasteiger partial charge in [-0.2, -0.15) is 5.10 Å². The first-order valence-electron chi connectivity index (χ1n) is 6.27. The van der Waals surface area contributed by atoms with Gasteiger partial charge in [-0.05, 0) is 25.5 Å². The number of rotatable bonds is 5. The molecule has 1 unspecified atom stereocenters. The molecule has 1 aliphatic carbocycles. The predicted molar refractivity (Wildman–Crippen MR) is 88.6 cm³/mol. The van der Waals surface area contributed by atoms with Crippen LogP contribution in [0.5, 0.6) is 11.5 Å². The summed E-state index contributed by atoms with van der Waals surface area (Å²) < 4.78 is 10.1. The van der Waals surface area contributed by atoms with Crippen LogP contribution in [0.2, 0.25) is 0 Å². The van der Waals surface area contributed by atoms with E-state index < -0.39 is 5.41 Å². The number of ether oxygens (including phenoxy) is 2. The molecule has 2 rings (SSSR count). The van der Waals surface area contributed by atoms with Crippen molar-refractivity contribution in [2.45, 2.75) is 16.6 Å². The molecule has 1 atom stereocenters. The standard InChI is InChI=1S/C14H16Br2N2O3/c1-13(8-14(13,15)16)12(19)18-17-7-9-4-5-10(20-2)6-11(9)21-3/h4-7H,8H2,1-3H3,(H,18,19)/b17-7+. The summed E-state index contributed by atoms with van der Waals surface area (Å²) in [6.45, 7) is 1.87. The molecular weight excluding hydrogens is 404 g/mol. The summed E-state index contributed by atoms with van der Waals surface area (Å²) in [6, 6.07) is 5.37. The number of hydrazone groups is 1. The van der Waals surface area contributed by atoms with Gasteiger partial charge in [0.15, 0.2) is 0 Å². The summed E-state index contributed by atoms with van der Waals surface area (Å²) in [4.78, 5) is 12.1.